The predicted octanol–water partition coefficient (Wildman–Crippen LogP) is -1.40. The van der Waals surface area contributed by atoms with Crippen LogP contribution in [0.25, 0.3) is 0 Å². The van der Waals surface area contributed by atoms with Crippen LogP contribution in [0, 0.1) is 0 Å². The van der Waals surface area contributed by atoms with Crippen molar-refractivity contribution in [3.8, 4) is 0 Å². The minimum atomic E-state index is 0. The van der Waals surface area contributed by atoms with Crippen LogP contribution < -0.4 is 12.4 Å². The van der Waals surface area contributed by atoms with Crippen LogP contribution in [0.3, 0.4) is 0 Å². The molecule has 2 rings (SSSR count). The highest BCUT2D eigenvalue weighted by molar-refractivity contribution is 5.96. The fraction of sp³-hybridized carbons (Fsp3) is 0.462. The molecular formula is C13H17ClNO2-. The molecule has 0 N–H and O–H groups in total. The van der Waals surface area contributed by atoms with E-state index in [0.717, 1.165) is 38.4 Å². The van der Waals surface area contributed by atoms with Crippen molar-refractivity contribution in [2.45, 2.75) is 6.42 Å². The Labute approximate surface area is 108 Å². The highest BCUT2D eigenvalue weighted by Crippen LogP contribution is 2.05. The van der Waals surface area contributed by atoms with Crippen LogP contribution in [0.4, 0.5) is 0 Å². The Morgan fingerprint density at radius 1 is 1.18 bits per heavy atom. The lowest BCUT2D eigenvalue weighted by Crippen LogP contribution is -3.00. The van der Waals surface area contributed by atoms with E-state index in [0.29, 0.717) is 6.42 Å². The average molecular weight is 255 g/mol. The van der Waals surface area contributed by atoms with Crippen molar-refractivity contribution in [1.29, 1.82) is 0 Å². The van der Waals surface area contributed by atoms with Crippen molar-refractivity contribution in [3.63, 3.8) is 0 Å². The molecule has 0 aliphatic carbocycles. The molecule has 0 unspecified atom stereocenters. The van der Waals surface area contributed by atoms with Crippen LogP contribution in [-0.4, -0.2) is 43.5 Å². The molecule has 4 heteroatoms. The zero-order chi connectivity index (χ0) is 11.2. The fourth-order valence-corrected chi connectivity index (χ4v) is 1.85. The summed E-state index contributed by atoms with van der Waals surface area (Å²) in [4.78, 5) is 14.1. The number of carbonyl (C=O) groups excluding carboxylic acids is 1. The summed E-state index contributed by atoms with van der Waals surface area (Å²) in [7, 11) is 0. The van der Waals surface area contributed by atoms with Gasteiger partial charge in [-0.1, -0.05) is 30.3 Å². The van der Waals surface area contributed by atoms with Gasteiger partial charge in [0.2, 0.25) is 0 Å². The van der Waals surface area contributed by atoms with Crippen molar-refractivity contribution >= 4 is 5.78 Å². The zero-order valence-corrected chi connectivity index (χ0v) is 10.5. The van der Waals surface area contributed by atoms with E-state index in [1.807, 2.05) is 30.3 Å². The number of benzene rings is 1. The number of halogens is 1. The van der Waals surface area contributed by atoms with Crippen molar-refractivity contribution < 1.29 is 21.9 Å². The molecule has 1 fully saturated rings. The summed E-state index contributed by atoms with van der Waals surface area (Å²) < 4.78 is 5.26. The van der Waals surface area contributed by atoms with Gasteiger partial charge in [-0.05, 0) is 0 Å². The van der Waals surface area contributed by atoms with Gasteiger partial charge in [-0.3, -0.25) is 9.69 Å². The number of morpholine rings is 1. The molecule has 1 aromatic carbocycles. The molecule has 0 radical (unpaired) electrons. The van der Waals surface area contributed by atoms with E-state index in [9.17, 15) is 4.79 Å². The third-order valence-electron chi connectivity index (χ3n) is 2.85. The van der Waals surface area contributed by atoms with Gasteiger partial charge >= 0.3 is 0 Å². The number of nitrogens with zero attached hydrogens (tertiary/aromatic N) is 1. The quantitative estimate of drug-likeness (QED) is 0.619. The van der Waals surface area contributed by atoms with E-state index >= 15 is 0 Å². The Balaban J connectivity index is 0.00000144. The summed E-state index contributed by atoms with van der Waals surface area (Å²) in [5.74, 6) is 0.229. The lowest BCUT2D eigenvalue weighted by molar-refractivity contribution is -0.0000119. The molecule has 1 aliphatic rings. The number of ether oxygens (including phenoxy) is 1. The van der Waals surface area contributed by atoms with E-state index < -0.39 is 0 Å². The molecule has 94 valence electrons. The molecule has 0 atom stereocenters. The first-order chi connectivity index (χ1) is 7.86. The topological polar surface area (TPSA) is 29.5 Å². The lowest BCUT2D eigenvalue weighted by atomic mass is 10.1. The third-order valence-corrected chi connectivity index (χ3v) is 2.85. The van der Waals surface area contributed by atoms with E-state index in [-0.39, 0.29) is 18.2 Å². The highest BCUT2D eigenvalue weighted by atomic mass is 35.5. The fourth-order valence-electron chi connectivity index (χ4n) is 1.85. The molecule has 1 aromatic rings. The van der Waals surface area contributed by atoms with Crippen LogP contribution in [0.2, 0.25) is 0 Å². The molecule has 0 amide bonds. The molecule has 0 spiro atoms. The monoisotopic (exact) mass is 254 g/mol. The third kappa shape index (κ3) is 4.46. The summed E-state index contributed by atoms with van der Waals surface area (Å²) in [6.45, 7) is 4.32. The first-order valence-electron chi connectivity index (χ1n) is 5.74. The maximum Gasteiger partial charge on any atom is 0.164 e. The SMILES string of the molecule is O=C(CCN1CCOCC1)c1ccccc1.[Cl-]. The number of hydrogen-bond donors (Lipinski definition) is 0. The number of hydrogen-bond acceptors (Lipinski definition) is 3. The Morgan fingerprint density at radius 3 is 2.47 bits per heavy atom. The highest BCUT2D eigenvalue weighted by Gasteiger charge is 2.12. The minimum absolute atomic E-state index is 0. The number of rotatable bonds is 4. The second kappa shape index (κ2) is 7.43. The zero-order valence-electron chi connectivity index (χ0n) is 9.77. The Hall–Kier alpha value is -0.900. The largest absolute Gasteiger partial charge is 1.00 e. The molecular weight excluding hydrogens is 238 g/mol. The van der Waals surface area contributed by atoms with Crippen LogP contribution in [0.5, 0.6) is 0 Å². The van der Waals surface area contributed by atoms with Crippen LogP contribution in [0.1, 0.15) is 16.8 Å². The van der Waals surface area contributed by atoms with Gasteiger partial charge in [-0.25, -0.2) is 0 Å². The van der Waals surface area contributed by atoms with Crippen molar-refractivity contribution in [1.82, 2.24) is 4.90 Å². The van der Waals surface area contributed by atoms with Gasteiger partial charge in [0, 0.05) is 31.6 Å². The predicted molar refractivity (Wildman–Crippen MR) is 62.6 cm³/mol. The van der Waals surface area contributed by atoms with Crippen LogP contribution in [0.15, 0.2) is 30.3 Å². The number of carbonyl (C=O) groups is 1. The van der Waals surface area contributed by atoms with Gasteiger partial charge < -0.3 is 17.1 Å². The van der Waals surface area contributed by atoms with E-state index in [1.54, 1.807) is 0 Å². The van der Waals surface area contributed by atoms with E-state index in [1.165, 1.54) is 0 Å². The van der Waals surface area contributed by atoms with E-state index in [2.05, 4.69) is 4.90 Å². The molecule has 1 aliphatic heterocycles. The first-order valence-corrected chi connectivity index (χ1v) is 5.74. The van der Waals surface area contributed by atoms with Gasteiger partial charge in [0.1, 0.15) is 0 Å². The molecule has 1 saturated heterocycles. The summed E-state index contributed by atoms with van der Waals surface area (Å²) in [5.41, 5.74) is 0.816. The summed E-state index contributed by atoms with van der Waals surface area (Å²) in [5, 5.41) is 0. The lowest BCUT2D eigenvalue weighted by Gasteiger charge is -2.26. The smallest absolute Gasteiger partial charge is 0.164 e. The maximum atomic E-state index is 11.8. The van der Waals surface area contributed by atoms with Crippen LogP contribution in [-0.2, 0) is 4.74 Å². The summed E-state index contributed by atoms with van der Waals surface area (Å²) in [6.07, 6.45) is 0.601. The second-order valence-corrected chi connectivity index (χ2v) is 3.99. The molecule has 1 heterocycles. The molecule has 0 saturated carbocycles. The average Bonchev–Trinajstić information content (AvgIpc) is 2.38. The van der Waals surface area contributed by atoms with Crippen molar-refractivity contribution in [3.05, 3.63) is 35.9 Å². The van der Waals surface area contributed by atoms with E-state index in [4.69, 9.17) is 4.74 Å². The molecule has 0 bridgehead atoms. The van der Waals surface area contributed by atoms with Gasteiger partial charge in [0.25, 0.3) is 0 Å². The number of ketones is 1. The van der Waals surface area contributed by atoms with Gasteiger partial charge in [-0.15, -0.1) is 0 Å². The maximum absolute atomic E-state index is 11.8. The molecule has 3 nitrogen and oxygen atoms in total. The van der Waals surface area contributed by atoms with Crippen molar-refractivity contribution in [2.24, 2.45) is 0 Å². The standard InChI is InChI=1S/C13H17NO2.ClH/c15-13(12-4-2-1-3-5-12)6-7-14-8-10-16-11-9-14;/h1-5H,6-11H2;1H/p-1. The minimum Gasteiger partial charge on any atom is -1.00 e. The Bertz CT molecular complexity index is 337. The Kier molecular flexibility index (Phi) is 6.19. The molecule has 0 aromatic heterocycles. The second-order valence-electron chi connectivity index (χ2n) is 3.99. The van der Waals surface area contributed by atoms with Gasteiger partial charge in [0.15, 0.2) is 5.78 Å². The normalized spacial score (nSPS) is 16.2. The number of Topliss-reactive ketones (excluding diaryl/α,β-unsaturated/α-hetero) is 1. The summed E-state index contributed by atoms with van der Waals surface area (Å²) in [6, 6.07) is 9.49. The summed E-state index contributed by atoms with van der Waals surface area (Å²) >= 11 is 0. The Morgan fingerprint density at radius 2 is 1.82 bits per heavy atom. The van der Waals surface area contributed by atoms with Crippen molar-refractivity contribution in [2.75, 3.05) is 32.8 Å². The molecule has 17 heavy (non-hydrogen) atoms. The van der Waals surface area contributed by atoms with Gasteiger partial charge in [-0.2, -0.15) is 0 Å². The van der Waals surface area contributed by atoms with Gasteiger partial charge in [0.05, 0.1) is 13.2 Å². The van der Waals surface area contributed by atoms with Crippen LogP contribution >= 0.6 is 0 Å². The first kappa shape index (κ1) is 14.2.